The lowest BCUT2D eigenvalue weighted by atomic mass is 9.98. The molecule has 0 spiro atoms. The van der Waals surface area contributed by atoms with E-state index in [0.29, 0.717) is 17.9 Å². The molecule has 0 atom stereocenters. The first-order valence-electron chi connectivity index (χ1n) is 10.7. The largest absolute Gasteiger partial charge is 0.380 e. The molecule has 2 aromatic heterocycles. The standard InChI is InChI=1S/C24H26N6O2/c1-3-4-9-22-25-14-19(16-32-2)24(31)30(22)15-17-10-12-18(13-11-17)20-7-5-6-8-21(20)23-26-28-29-27-23/h5-8,10-14H,3-4,9,15-16H2,1-2H3,(H,26,27,28,29). The number of benzene rings is 2. The van der Waals surface area contributed by atoms with Crippen molar-refractivity contribution in [2.24, 2.45) is 0 Å². The van der Waals surface area contributed by atoms with Crippen LogP contribution in [-0.2, 0) is 24.3 Å². The Hall–Kier alpha value is -3.65. The molecule has 0 unspecified atom stereocenters. The molecule has 8 heteroatoms. The van der Waals surface area contributed by atoms with Crippen LogP contribution in [-0.4, -0.2) is 37.3 Å². The minimum Gasteiger partial charge on any atom is -0.380 e. The topological polar surface area (TPSA) is 98.6 Å². The van der Waals surface area contributed by atoms with Gasteiger partial charge in [0, 0.05) is 25.3 Å². The molecule has 0 aliphatic carbocycles. The summed E-state index contributed by atoms with van der Waals surface area (Å²) in [5.41, 5.74) is 4.52. The summed E-state index contributed by atoms with van der Waals surface area (Å²) in [5.74, 6) is 1.36. The van der Waals surface area contributed by atoms with Crippen LogP contribution in [0.4, 0.5) is 0 Å². The number of unbranched alkanes of at least 4 members (excludes halogenated alkanes) is 1. The van der Waals surface area contributed by atoms with E-state index in [2.05, 4.69) is 44.7 Å². The fourth-order valence-electron chi connectivity index (χ4n) is 3.70. The SMILES string of the molecule is CCCCc1ncc(COC)c(=O)n1Cc1ccc(-c2ccccc2-c2nn[nH]n2)cc1. The van der Waals surface area contributed by atoms with Crippen molar-refractivity contribution in [1.29, 1.82) is 0 Å². The summed E-state index contributed by atoms with van der Waals surface area (Å²) in [5, 5.41) is 14.4. The summed E-state index contributed by atoms with van der Waals surface area (Å²) in [6.07, 6.45) is 4.45. The van der Waals surface area contributed by atoms with Crippen molar-refractivity contribution in [2.75, 3.05) is 7.11 Å². The number of nitrogens with zero attached hydrogens (tertiary/aromatic N) is 5. The van der Waals surface area contributed by atoms with Gasteiger partial charge in [0.05, 0.1) is 18.7 Å². The van der Waals surface area contributed by atoms with Crippen LogP contribution in [0.5, 0.6) is 0 Å². The second-order valence-electron chi connectivity index (χ2n) is 7.61. The van der Waals surface area contributed by atoms with Gasteiger partial charge in [-0.05, 0) is 28.3 Å². The average molecular weight is 431 g/mol. The molecule has 0 aliphatic rings. The maximum atomic E-state index is 13.0. The summed E-state index contributed by atoms with van der Waals surface area (Å²) >= 11 is 0. The van der Waals surface area contributed by atoms with Gasteiger partial charge in [-0.1, -0.05) is 61.9 Å². The fourth-order valence-corrected chi connectivity index (χ4v) is 3.70. The minimum absolute atomic E-state index is 0.0421. The number of nitrogens with one attached hydrogen (secondary N) is 1. The monoisotopic (exact) mass is 430 g/mol. The Balaban J connectivity index is 1.64. The van der Waals surface area contributed by atoms with E-state index in [1.165, 1.54) is 0 Å². The lowest BCUT2D eigenvalue weighted by molar-refractivity contribution is 0.182. The lowest BCUT2D eigenvalue weighted by Crippen LogP contribution is -2.28. The molecule has 2 aromatic carbocycles. The summed E-state index contributed by atoms with van der Waals surface area (Å²) < 4.78 is 6.94. The lowest BCUT2D eigenvalue weighted by Gasteiger charge is -2.14. The molecule has 8 nitrogen and oxygen atoms in total. The zero-order valence-corrected chi connectivity index (χ0v) is 18.3. The molecular weight excluding hydrogens is 404 g/mol. The molecule has 164 valence electrons. The van der Waals surface area contributed by atoms with Crippen molar-refractivity contribution in [2.45, 2.75) is 39.3 Å². The van der Waals surface area contributed by atoms with Crippen LogP contribution in [0.1, 0.15) is 36.7 Å². The Morgan fingerprint density at radius 1 is 1.06 bits per heavy atom. The Morgan fingerprint density at radius 2 is 1.84 bits per heavy atom. The highest BCUT2D eigenvalue weighted by atomic mass is 16.5. The van der Waals surface area contributed by atoms with Gasteiger partial charge in [-0.25, -0.2) is 4.98 Å². The number of aromatic nitrogens is 6. The van der Waals surface area contributed by atoms with Crippen molar-refractivity contribution in [3.63, 3.8) is 0 Å². The zero-order valence-electron chi connectivity index (χ0n) is 18.3. The van der Waals surface area contributed by atoms with E-state index >= 15 is 0 Å². The van der Waals surface area contributed by atoms with E-state index in [1.54, 1.807) is 17.9 Å². The van der Waals surface area contributed by atoms with Gasteiger partial charge < -0.3 is 4.74 Å². The number of aromatic amines is 1. The first kappa shape index (κ1) is 21.6. The Labute approximate surface area is 186 Å². The summed E-state index contributed by atoms with van der Waals surface area (Å²) in [6, 6.07) is 16.1. The minimum atomic E-state index is -0.0421. The van der Waals surface area contributed by atoms with Gasteiger partial charge in [0.15, 0.2) is 0 Å². The molecule has 2 heterocycles. The van der Waals surface area contributed by atoms with Crippen LogP contribution in [0.3, 0.4) is 0 Å². The number of methoxy groups -OCH3 is 1. The van der Waals surface area contributed by atoms with E-state index in [-0.39, 0.29) is 12.2 Å². The first-order valence-corrected chi connectivity index (χ1v) is 10.7. The predicted octanol–water partition coefficient (Wildman–Crippen LogP) is 3.63. The molecule has 0 aliphatic heterocycles. The van der Waals surface area contributed by atoms with E-state index in [9.17, 15) is 4.79 Å². The van der Waals surface area contributed by atoms with Crippen molar-refractivity contribution >= 4 is 0 Å². The van der Waals surface area contributed by atoms with Gasteiger partial charge in [-0.2, -0.15) is 5.21 Å². The third-order valence-corrected chi connectivity index (χ3v) is 5.37. The summed E-state index contributed by atoms with van der Waals surface area (Å²) in [6.45, 7) is 2.85. The van der Waals surface area contributed by atoms with E-state index in [1.807, 2.05) is 36.4 Å². The number of hydrogen-bond donors (Lipinski definition) is 1. The van der Waals surface area contributed by atoms with Crippen molar-refractivity contribution < 1.29 is 4.74 Å². The smallest absolute Gasteiger partial charge is 0.259 e. The van der Waals surface area contributed by atoms with Crippen LogP contribution in [0.25, 0.3) is 22.5 Å². The third-order valence-electron chi connectivity index (χ3n) is 5.37. The fraction of sp³-hybridized carbons (Fsp3) is 0.292. The quantitative estimate of drug-likeness (QED) is 0.435. The second-order valence-corrected chi connectivity index (χ2v) is 7.61. The van der Waals surface area contributed by atoms with Gasteiger partial charge in [0.1, 0.15) is 5.82 Å². The second kappa shape index (κ2) is 10.1. The maximum absolute atomic E-state index is 13.0. The van der Waals surface area contributed by atoms with Crippen LogP contribution in [0.15, 0.2) is 59.5 Å². The third kappa shape index (κ3) is 4.65. The molecule has 0 saturated carbocycles. The molecule has 4 aromatic rings. The summed E-state index contributed by atoms with van der Waals surface area (Å²) in [7, 11) is 1.58. The van der Waals surface area contributed by atoms with E-state index in [4.69, 9.17) is 4.74 Å². The number of rotatable bonds is 9. The van der Waals surface area contributed by atoms with Gasteiger partial charge in [0.25, 0.3) is 5.56 Å². The molecule has 4 rings (SSSR count). The highest BCUT2D eigenvalue weighted by molar-refractivity contribution is 5.80. The van der Waals surface area contributed by atoms with Gasteiger partial charge in [-0.15, -0.1) is 10.2 Å². The molecule has 0 amide bonds. The van der Waals surface area contributed by atoms with Crippen LogP contribution in [0, 0.1) is 0 Å². The van der Waals surface area contributed by atoms with Crippen molar-refractivity contribution in [3.05, 3.63) is 82.0 Å². The highest BCUT2D eigenvalue weighted by Gasteiger charge is 2.13. The van der Waals surface area contributed by atoms with Gasteiger partial charge >= 0.3 is 0 Å². The number of aryl methyl sites for hydroxylation is 1. The van der Waals surface area contributed by atoms with E-state index in [0.717, 1.165) is 47.3 Å². The number of tetrazole rings is 1. The molecule has 0 saturated heterocycles. The highest BCUT2D eigenvalue weighted by Crippen LogP contribution is 2.29. The number of hydrogen-bond acceptors (Lipinski definition) is 6. The molecule has 32 heavy (non-hydrogen) atoms. The van der Waals surface area contributed by atoms with Gasteiger partial charge in [-0.3, -0.25) is 9.36 Å². The Kier molecular flexibility index (Phi) is 6.81. The van der Waals surface area contributed by atoms with Crippen molar-refractivity contribution in [3.8, 4) is 22.5 Å². The Bertz CT molecular complexity index is 1220. The van der Waals surface area contributed by atoms with Gasteiger partial charge in [0.2, 0.25) is 5.82 Å². The zero-order chi connectivity index (χ0) is 22.3. The maximum Gasteiger partial charge on any atom is 0.259 e. The normalized spacial score (nSPS) is 11.1. The first-order chi connectivity index (χ1) is 15.7. The van der Waals surface area contributed by atoms with Crippen LogP contribution < -0.4 is 5.56 Å². The molecular formula is C24H26N6O2. The number of H-pyrrole nitrogens is 1. The molecule has 1 N–H and O–H groups in total. The predicted molar refractivity (Wildman–Crippen MR) is 122 cm³/mol. The van der Waals surface area contributed by atoms with Crippen molar-refractivity contribution in [1.82, 2.24) is 30.2 Å². The molecule has 0 radical (unpaired) electrons. The Morgan fingerprint density at radius 3 is 2.53 bits per heavy atom. The van der Waals surface area contributed by atoms with Crippen LogP contribution in [0.2, 0.25) is 0 Å². The summed E-state index contributed by atoms with van der Waals surface area (Å²) in [4.78, 5) is 17.6. The van der Waals surface area contributed by atoms with Crippen LogP contribution >= 0.6 is 0 Å². The number of ether oxygens (including phenoxy) is 1. The molecule has 0 fully saturated rings. The average Bonchev–Trinajstić information content (AvgIpc) is 3.36. The molecule has 0 bridgehead atoms. The van der Waals surface area contributed by atoms with E-state index < -0.39 is 0 Å².